The molecule has 2 N–H and O–H groups in total. The molecule has 0 saturated heterocycles. The summed E-state index contributed by atoms with van der Waals surface area (Å²) in [6, 6.07) is 10.0. The zero-order valence-electron chi connectivity index (χ0n) is 10.8. The molecule has 2 nitrogen and oxygen atoms in total. The zero-order valence-corrected chi connectivity index (χ0v) is 13.2. The summed E-state index contributed by atoms with van der Waals surface area (Å²) in [4.78, 5) is 3.86. The lowest BCUT2D eigenvalue weighted by Crippen LogP contribution is -2.10. The molecular formula is C14H12BrF3N2S. The van der Waals surface area contributed by atoms with Crippen LogP contribution in [0.15, 0.2) is 52.1 Å². The number of hydrogen-bond acceptors (Lipinski definition) is 3. The first-order valence-electron chi connectivity index (χ1n) is 6.06. The Kier molecular flexibility index (Phi) is 5.29. The molecule has 0 aliphatic rings. The summed E-state index contributed by atoms with van der Waals surface area (Å²) in [6.07, 6.45) is -3.53. The lowest BCUT2D eigenvalue weighted by molar-refractivity contribution is -0.137. The van der Waals surface area contributed by atoms with E-state index >= 15 is 0 Å². The average Bonchev–Trinajstić information content (AvgIpc) is 2.45. The highest BCUT2D eigenvalue weighted by molar-refractivity contribution is 9.10. The molecule has 1 heterocycles. The van der Waals surface area contributed by atoms with Gasteiger partial charge in [0.05, 0.1) is 10.6 Å². The lowest BCUT2D eigenvalue weighted by Gasteiger charge is -2.16. The fourth-order valence-electron chi connectivity index (χ4n) is 1.74. The van der Waals surface area contributed by atoms with Gasteiger partial charge in [-0.2, -0.15) is 13.2 Å². The molecule has 0 amide bonds. The Balaban J connectivity index is 2.18. The summed E-state index contributed by atoms with van der Waals surface area (Å²) in [5, 5.41) is 0.430. The molecule has 1 unspecified atom stereocenters. The smallest absolute Gasteiger partial charge is 0.329 e. The van der Waals surface area contributed by atoms with Crippen molar-refractivity contribution in [2.24, 2.45) is 5.73 Å². The molecule has 1 aromatic carbocycles. The standard InChI is InChI=1S/C14H12BrF3N2S/c15-11-4-2-1-3-10(11)12(7-19)21-13-6-5-9(8-20-13)14(16,17)18/h1-6,8,12H,7,19H2. The molecule has 0 radical (unpaired) electrons. The van der Waals surface area contributed by atoms with E-state index in [2.05, 4.69) is 20.9 Å². The van der Waals surface area contributed by atoms with Crippen LogP contribution in [-0.2, 0) is 6.18 Å². The molecule has 0 fully saturated rings. The Morgan fingerprint density at radius 1 is 1.19 bits per heavy atom. The van der Waals surface area contributed by atoms with Crippen LogP contribution >= 0.6 is 27.7 Å². The number of rotatable bonds is 4. The first-order valence-corrected chi connectivity index (χ1v) is 7.73. The Morgan fingerprint density at radius 2 is 1.90 bits per heavy atom. The monoisotopic (exact) mass is 376 g/mol. The fourth-order valence-corrected chi connectivity index (χ4v) is 3.43. The predicted molar refractivity (Wildman–Crippen MR) is 81.0 cm³/mol. The Hall–Kier alpha value is -1.05. The predicted octanol–water partition coefficient (Wildman–Crippen LogP) is 4.66. The maximum absolute atomic E-state index is 12.5. The Bertz CT molecular complexity index is 602. The van der Waals surface area contributed by atoms with E-state index in [1.165, 1.54) is 17.8 Å². The Labute approximate surface area is 133 Å². The van der Waals surface area contributed by atoms with Crippen molar-refractivity contribution in [3.63, 3.8) is 0 Å². The summed E-state index contributed by atoms with van der Waals surface area (Å²) in [5.74, 6) is 0. The number of nitrogens with two attached hydrogens (primary N) is 1. The minimum Gasteiger partial charge on any atom is -0.329 e. The van der Waals surface area contributed by atoms with Gasteiger partial charge in [-0.1, -0.05) is 45.9 Å². The van der Waals surface area contributed by atoms with Gasteiger partial charge >= 0.3 is 6.18 Å². The normalized spacial score (nSPS) is 13.2. The molecular weight excluding hydrogens is 365 g/mol. The van der Waals surface area contributed by atoms with Crippen molar-refractivity contribution < 1.29 is 13.2 Å². The first kappa shape index (κ1) is 16.3. The van der Waals surface area contributed by atoms with Crippen molar-refractivity contribution >= 4 is 27.7 Å². The molecule has 21 heavy (non-hydrogen) atoms. The fraction of sp³-hybridized carbons (Fsp3) is 0.214. The van der Waals surface area contributed by atoms with Crippen molar-refractivity contribution in [2.45, 2.75) is 16.5 Å². The van der Waals surface area contributed by atoms with Crippen molar-refractivity contribution in [3.8, 4) is 0 Å². The number of aromatic nitrogens is 1. The van der Waals surface area contributed by atoms with Crippen LogP contribution in [0, 0.1) is 0 Å². The van der Waals surface area contributed by atoms with E-state index in [4.69, 9.17) is 5.73 Å². The number of halogens is 4. The summed E-state index contributed by atoms with van der Waals surface area (Å²) in [6.45, 7) is 0.357. The highest BCUT2D eigenvalue weighted by Crippen LogP contribution is 2.37. The van der Waals surface area contributed by atoms with Crippen LogP contribution in [0.5, 0.6) is 0 Å². The van der Waals surface area contributed by atoms with Crippen LogP contribution < -0.4 is 5.73 Å². The van der Waals surface area contributed by atoms with Gasteiger partial charge in [0.1, 0.15) is 0 Å². The second-order valence-corrected chi connectivity index (χ2v) is 6.32. The van der Waals surface area contributed by atoms with Gasteiger partial charge in [-0.25, -0.2) is 4.98 Å². The largest absolute Gasteiger partial charge is 0.417 e. The minimum atomic E-state index is -4.37. The molecule has 0 aliphatic carbocycles. The minimum absolute atomic E-state index is 0.0789. The number of hydrogen-bond donors (Lipinski definition) is 1. The summed E-state index contributed by atoms with van der Waals surface area (Å²) < 4.78 is 38.4. The van der Waals surface area contributed by atoms with Crippen LogP contribution in [0.2, 0.25) is 0 Å². The van der Waals surface area contributed by atoms with Crippen molar-refractivity contribution in [2.75, 3.05) is 6.54 Å². The Morgan fingerprint density at radius 3 is 2.43 bits per heavy atom. The summed E-state index contributed by atoms with van der Waals surface area (Å²) in [5.41, 5.74) is 6.01. The SMILES string of the molecule is NCC(Sc1ccc(C(F)(F)F)cn1)c1ccccc1Br. The first-order chi connectivity index (χ1) is 9.91. The number of nitrogens with zero attached hydrogens (tertiary/aromatic N) is 1. The highest BCUT2D eigenvalue weighted by atomic mass is 79.9. The maximum Gasteiger partial charge on any atom is 0.417 e. The van der Waals surface area contributed by atoms with E-state index in [0.29, 0.717) is 11.6 Å². The molecule has 2 rings (SSSR count). The second kappa shape index (κ2) is 6.81. The van der Waals surface area contributed by atoms with Crippen LogP contribution in [0.3, 0.4) is 0 Å². The van der Waals surface area contributed by atoms with Gasteiger partial charge in [-0.15, -0.1) is 0 Å². The van der Waals surface area contributed by atoms with Crippen LogP contribution in [0.25, 0.3) is 0 Å². The molecule has 1 atom stereocenters. The van der Waals surface area contributed by atoms with Gasteiger partial charge in [-0.3, -0.25) is 0 Å². The quantitative estimate of drug-likeness (QED) is 0.788. The third kappa shape index (κ3) is 4.21. The van der Waals surface area contributed by atoms with Crippen molar-refractivity contribution in [1.29, 1.82) is 0 Å². The number of pyridine rings is 1. The highest BCUT2D eigenvalue weighted by Gasteiger charge is 2.30. The lowest BCUT2D eigenvalue weighted by atomic mass is 10.1. The van der Waals surface area contributed by atoms with E-state index in [1.54, 1.807) is 0 Å². The average molecular weight is 377 g/mol. The molecule has 7 heteroatoms. The maximum atomic E-state index is 12.5. The van der Waals surface area contributed by atoms with Crippen molar-refractivity contribution in [1.82, 2.24) is 4.98 Å². The van der Waals surface area contributed by atoms with E-state index < -0.39 is 11.7 Å². The van der Waals surface area contributed by atoms with Crippen LogP contribution in [-0.4, -0.2) is 11.5 Å². The van der Waals surface area contributed by atoms with Crippen LogP contribution in [0.1, 0.15) is 16.4 Å². The van der Waals surface area contributed by atoms with Crippen molar-refractivity contribution in [3.05, 3.63) is 58.2 Å². The van der Waals surface area contributed by atoms with E-state index in [1.807, 2.05) is 24.3 Å². The molecule has 0 bridgehead atoms. The summed E-state index contributed by atoms with van der Waals surface area (Å²) >= 11 is 4.79. The molecule has 0 spiro atoms. The van der Waals surface area contributed by atoms with E-state index in [0.717, 1.165) is 22.3 Å². The third-order valence-corrected chi connectivity index (χ3v) is 4.73. The van der Waals surface area contributed by atoms with Gasteiger partial charge in [0.25, 0.3) is 0 Å². The van der Waals surface area contributed by atoms with Gasteiger partial charge in [0.15, 0.2) is 0 Å². The molecule has 0 saturated carbocycles. The van der Waals surface area contributed by atoms with Gasteiger partial charge in [-0.05, 0) is 23.8 Å². The molecule has 2 aromatic rings. The number of benzene rings is 1. The van der Waals surface area contributed by atoms with E-state index in [9.17, 15) is 13.2 Å². The zero-order chi connectivity index (χ0) is 15.5. The number of thioether (sulfide) groups is 1. The molecule has 112 valence electrons. The third-order valence-electron chi connectivity index (χ3n) is 2.79. The second-order valence-electron chi connectivity index (χ2n) is 4.25. The van der Waals surface area contributed by atoms with Gasteiger partial charge < -0.3 is 5.73 Å². The summed E-state index contributed by atoms with van der Waals surface area (Å²) in [7, 11) is 0. The molecule has 1 aromatic heterocycles. The van der Waals surface area contributed by atoms with Crippen LogP contribution in [0.4, 0.5) is 13.2 Å². The topological polar surface area (TPSA) is 38.9 Å². The van der Waals surface area contributed by atoms with Gasteiger partial charge in [0.2, 0.25) is 0 Å². The van der Waals surface area contributed by atoms with Gasteiger partial charge in [0, 0.05) is 22.5 Å². The number of alkyl halides is 3. The van der Waals surface area contributed by atoms with E-state index in [-0.39, 0.29) is 5.25 Å². The molecule has 0 aliphatic heterocycles.